The van der Waals surface area contributed by atoms with Gasteiger partial charge in [-0.2, -0.15) is 0 Å². The third-order valence-electron chi connectivity index (χ3n) is 6.69. The number of nitrogens with one attached hydrogen (secondary N) is 2. The van der Waals surface area contributed by atoms with Crippen molar-refractivity contribution in [1.82, 2.24) is 15.6 Å². The van der Waals surface area contributed by atoms with Gasteiger partial charge in [-0.1, -0.05) is 32.1 Å². The summed E-state index contributed by atoms with van der Waals surface area (Å²) in [6.07, 6.45) is 14.2. The Balaban J connectivity index is 0.00000341. The number of hydrogen-bond acceptors (Lipinski definition) is 4. The van der Waals surface area contributed by atoms with E-state index in [0.717, 1.165) is 44.4 Å². The van der Waals surface area contributed by atoms with Crippen LogP contribution >= 0.6 is 24.0 Å². The fourth-order valence-electron chi connectivity index (χ4n) is 4.87. The van der Waals surface area contributed by atoms with Crippen LogP contribution in [0.2, 0.25) is 0 Å². The Morgan fingerprint density at radius 3 is 2.48 bits per heavy atom. The second-order valence-corrected chi connectivity index (χ2v) is 9.01. The molecule has 2 heterocycles. The fraction of sp³-hybridized carbons (Fsp3) is 0.750. The van der Waals surface area contributed by atoms with Crippen molar-refractivity contribution in [2.24, 2.45) is 10.4 Å². The third kappa shape index (κ3) is 8.40. The maximum absolute atomic E-state index is 9.57. The third-order valence-corrected chi connectivity index (χ3v) is 6.69. The second-order valence-electron chi connectivity index (χ2n) is 9.01. The molecule has 0 amide bonds. The lowest BCUT2D eigenvalue weighted by Crippen LogP contribution is -2.44. The van der Waals surface area contributed by atoms with E-state index in [4.69, 9.17) is 4.99 Å². The van der Waals surface area contributed by atoms with E-state index in [2.05, 4.69) is 39.6 Å². The average Bonchev–Trinajstić information content (AvgIpc) is 3.06. The number of guanidine groups is 1. The number of pyridine rings is 1. The van der Waals surface area contributed by atoms with Gasteiger partial charge in [-0.05, 0) is 62.1 Å². The maximum Gasteiger partial charge on any atom is 0.191 e. The van der Waals surface area contributed by atoms with Crippen molar-refractivity contribution in [1.29, 1.82) is 0 Å². The highest BCUT2D eigenvalue weighted by Gasteiger charge is 2.31. The summed E-state index contributed by atoms with van der Waals surface area (Å²) in [6.45, 7) is 6.96. The van der Waals surface area contributed by atoms with Crippen molar-refractivity contribution in [3.05, 3.63) is 23.9 Å². The predicted octanol–water partition coefficient (Wildman–Crippen LogP) is 4.47. The minimum absolute atomic E-state index is 0. The molecule has 0 radical (unpaired) electrons. The lowest BCUT2D eigenvalue weighted by Gasteiger charge is -2.37. The molecule has 1 saturated carbocycles. The molecule has 7 heteroatoms. The Labute approximate surface area is 205 Å². The molecular weight excluding hydrogens is 501 g/mol. The van der Waals surface area contributed by atoms with Crippen molar-refractivity contribution in [2.45, 2.75) is 77.7 Å². The van der Waals surface area contributed by atoms with Crippen LogP contribution in [0.3, 0.4) is 0 Å². The monoisotopic (exact) mass is 543 g/mol. The summed E-state index contributed by atoms with van der Waals surface area (Å²) >= 11 is 0. The van der Waals surface area contributed by atoms with Crippen LogP contribution in [-0.2, 0) is 6.54 Å². The van der Waals surface area contributed by atoms with Gasteiger partial charge in [0.15, 0.2) is 5.96 Å². The van der Waals surface area contributed by atoms with E-state index < -0.39 is 0 Å². The molecule has 176 valence electrons. The van der Waals surface area contributed by atoms with Gasteiger partial charge in [-0.3, -0.25) is 0 Å². The lowest BCUT2D eigenvalue weighted by atomic mass is 9.72. The second kappa shape index (κ2) is 14.1. The SMILES string of the molecule is CCNC(=NCc1ccnc(N2CCCCCC2)c1)NCC1(CCO)CCCCC1.I. The number of aliphatic hydroxyl groups is 1. The summed E-state index contributed by atoms with van der Waals surface area (Å²) in [6, 6.07) is 4.27. The van der Waals surface area contributed by atoms with Crippen LogP contribution in [0.25, 0.3) is 0 Å². The highest BCUT2D eigenvalue weighted by molar-refractivity contribution is 14.0. The molecule has 1 aromatic heterocycles. The van der Waals surface area contributed by atoms with Crippen molar-refractivity contribution in [2.75, 3.05) is 37.7 Å². The van der Waals surface area contributed by atoms with Crippen molar-refractivity contribution < 1.29 is 5.11 Å². The first-order valence-corrected chi connectivity index (χ1v) is 12.1. The van der Waals surface area contributed by atoms with Crippen molar-refractivity contribution in [3.8, 4) is 0 Å². The molecule has 0 unspecified atom stereocenters. The average molecular weight is 544 g/mol. The van der Waals surface area contributed by atoms with Gasteiger partial charge in [0.1, 0.15) is 5.82 Å². The normalized spacial score (nSPS) is 19.3. The quantitative estimate of drug-likeness (QED) is 0.257. The fourth-order valence-corrected chi connectivity index (χ4v) is 4.87. The first-order chi connectivity index (χ1) is 14.7. The number of rotatable bonds is 8. The number of hydrogen-bond donors (Lipinski definition) is 3. The first kappa shape index (κ1) is 26.2. The number of aromatic nitrogens is 1. The lowest BCUT2D eigenvalue weighted by molar-refractivity contribution is 0.131. The number of aliphatic imine (C=N–C) groups is 1. The Hall–Kier alpha value is -1.09. The number of aliphatic hydroxyl groups excluding tert-OH is 1. The minimum atomic E-state index is 0. The van der Waals surface area contributed by atoms with Gasteiger partial charge in [0.25, 0.3) is 0 Å². The zero-order valence-corrected chi connectivity index (χ0v) is 21.6. The number of halogens is 1. The van der Waals surface area contributed by atoms with E-state index >= 15 is 0 Å². The molecule has 6 nitrogen and oxygen atoms in total. The molecule has 3 rings (SSSR count). The molecule has 1 aliphatic carbocycles. The van der Waals surface area contributed by atoms with Crippen LogP contribution in [-0.4, -0.2) is 48.8 Å². The van der Waals surface area contributed by atoms with E-state index in [0.29, 0.717) is 6.54 Å². The standard InChI is InChI=1S/C24H41N5O.HI/c1-2-25-23(28-20-24(13-17-30)11-6-5-7-12-24)27-19-21-10-14-26-22(18-21)29-15-8-3-4-9-16-29;/h10,14,18,30H,2-9,11-13,15-17,19-20H2,1H3,(H2,25,27,28);1H. The Morgan fingerprint density at radius 1 is 1.10 bits per heavy atom. The molecular formula is C24H42IN5O. The first-order valence-electron chi connectivity index (χ1n) is 12.1. The van der Waals surface area contributed by atoms with Crippen molar-refractivity contribution in [3.63, 3.8) is 0 Å². The molecule has 2 fully saturated rings. The zero-order valence-electron chi connectivity index (χ0n) is 19.2. The van der Waals surface area contributed by atoms with E-state index in [-0.39, 0.29) is 36.0 Å². The highest BCUT2D eigenvalue weighted by Crippen LogP contribution is 2.38. The van der Waals surface area contributed by atoms with Crippen LogP contribution in [0.1, 0.15) is 76.7 Å². The summed E-state index contributed by atoms with van der Waals surface area (Å²) in [4.78, 5) is 11.9. The van der Waals surface area contributed by atoms with Gasteiger partial charge >= 0.3 is 0 Å². The van der Waals surface area contributed by atoms with E-state index in [1.165, 1.54) is 63.4 Å². The van der Waals surface area contributed by atoms with Gasteiger partial charge in [0, 0.05) is 39.0 Å². The smallest absolute Gasteiger partial charge is 0.191 e. The van der Waals surface area contributed by atoms with Gasteiger partial charge in [0.05, 0.1) is 6.54 Å². The molecule has 1 aliphatic heterocycles. The van der Waals surface area contributed by atoms with Gasteiger partial charge in [0.2, 0.25) is 0 Å². The van der Waals surface area contributed by atoms with Crippen LogP contribution < -0.4 is 15.5 Å². The van der Waals surface area contributed by atoms with Crippen LogP contribution in [0.15, 0.2) is 23.3 Å². The molecule has 1 aromatic rings. The van der Waals surface area contributed by atoms with Gasteiger partial charge in [-0.25, -0.2) is 9.98 Å². The maximum atomic E-state index is 9.57. The highest BCUT2D eigenvalue weighted by atomic mass is 127. The minimum Gasteiger partial charge on any atom is -0.396 e. The largest absolute Gasteiger partial charge is 0.396 e. The molecule has 0 aromatic carbocycles. The molecule has 0 bridgehead atoms. The Bertz CT molecular complexity index is 650. The van der Waals surface area contributed by atoms with E-state index in [1.54, 1.807) is 0 Å². The molecule has 0 atom stereocenters. The summed E-state index contributed by atoms with van der Waals surface area (Å²) in [5.74, 6) is 1.96. The molecule has 1 saturated heterocycles. The topological polar surface area (TPSA) is 72.8 Å². The Morgan fingerprint density at radius 2 is 1.81 bits per heavy atom. The summed E-state index contributed by atoms with van der Waals surface area (Å²) in [5.41, 5.74) is 1.41. The summed E-state index contributed by atoms with van der Waals surface area (Å²) in [7, 11) is 0. The zero-order chi connectivity index (χ0) is 21.1. The van der Waals surface area contributed by atoms with Gasteiger partial charge in [-0.15, -0.1) is 24.0 Å². The molecule has 2 aliphatic rings. The molecule has 3 N–H and O–H groups in total. The number of anilines is 1. The molecule has 0 spiro atoms. The van der Waals surface area contributed by atoms with E-state index in [9.17, 15) is 5.11 Å². The molecule has 31 heavy (non-hydrogen) atoms. The van der Waals surface area contributed by atoms with Crippen LogP contribution in [0, 0.1) is 5.41 Å². The van der Waals surface area contributed by atoms with Crippen molar-refractivity contribution >= 4 is 35.8 Å². The summed E-state index contributed by atoms with van der Waals surface area (Å²) < 4.78 is 0. The van der Waals surface area contributed by atoms with Crippen LogP contribution in [0.4, 0.5) is 5.82 Å². The number of nitrogens with zero attached hydrogens (tertiary/aromatic N) is 3. The predicted molar refractivity (Wildman–Crippen MR) is 140 cm³/mol. The Kier molecular flexibility index (Phi) is 11.9. The van der Waals surface area contributed by atoms with E-state index in [1.807, 2.05) is 6.20 Å². The summed E-state index contributed by atoms with van der Waals surface area (Å²) in [5, 5.41) is 16.5. The van der Waals surface area contributed by atoms with Gasteiger partial charge < -0.3 is 20.6 Å². The van der Waals surface area contributed by atoms with Crippen LogP contribution in [0.5, 0.6) is 0 Å².